The zero-order valence-corrected chi connectivity index (χ0v) is 17.2. The second kappa shape index (κ2) is 8.53. The minimum Gasteiger partial charge on any atom is -0.352 e. The lowest BCUT2D eigenvalue weighted by molar-refractivity contribution is 0.0954. The number of nitrogens with zero attached hydrogens (tertiary/aromatic N) is 3. The number of benzene rings is 1. The molecule has 6 nitrogen and oxygen atoms in total. The van der Waals surface area contributed by atoms with E-state index in [2.05, 4.69) is 15.5 Å². The number of amides is 1. The van der Waals surface area contributed by atoms with Gasteiger partial charge in [0.1, 0.15) is 0 Å². The van der Waals surface area contributed by atoms with Gasteiger partial charge in [0, 0.05) is 24.3 Å². The van der Waals surface area contributed by atoms with Crippen LogP contribution in [0, 0.1) is 0 Å². The number of nitrogens with one attached hydrogen (secondary N) is 1. The third-order valence-corrected chi connectivity index (χ3v) is 5.48. The normalized spacial score (nSPS) is 11.3. The molecule has 1 N–H and O–H groups in total. The molecule has 1 aromatic carbocycles. The summed E-state index contributed by atoms with van der Waals surface area (Å²) >= 11 is 1.61. The van der Waals surface area contributed by atoms with Gasteiger partial charge in [-0.25, -0.2) is 4.98 Å². The zero-order valence-electron chi connectivity index (χ0n) is 16.4. The Morgan fingerprint density at radius 3 is 2.79 bits per heavy atom. The third-order valence-electron chi connectivity index (χ3n) is 4.59. The quantitative estimate of drug-likeness (QED) is 0.445. The molecule has 3 aromatic heterocycles. The topological polar surface area (TPSA) is 80.9 Å². The number of aryl methyl sites for hydroxylation is 1. The van der Waals surface area contributed by atoms with Crippen molar-refractivity contribution in [3.05, 3.63) is 65.1 Å². The summed E-state index contributed by atoms with van der Waals surface area (Å²) in [5.74, 6) is 1.46. The molecular weight excluding hydrogens is 384 g/mol. The van der Waals surface area contributed by atoms with Gasteiger partial charge in [-0.3, -0.25) is 4.79 Å². The summed E-state index contributed by atoms with van der Waals surface area (Å²) in [6.45, 7) is 4.58. The van der Waals surface area contributed by atoms with Gasteiger partial charge in [-0.2, -0.15) is 4.98 Å². The van der Waals surface area contributed by atoms with Crippen molar-refractivity contribution in [2.24, 2.45) is 0 Å². The Labute approximate surface area is 173 Å². The number of hydrogen-bond donors (Lipinski definition) is 1. The van der Waals surface area contributed by atoms with Crippen LogP contribution in [-0.2, 0) is 6.42 Å². The molecule has 0 saturated heterocycles. The Kier molecular flexibility index (Phi) is 5.67. The second-order valence-electron chi connectivity index (χ2n) is 7.11. The molecule has 3 heterocycles. The molecule has 0 fully saturated rings. The maximum Gasteiger partial charge on any atom is 0.252 e. The van der Waals surface area contributed by atoms with Gasteiger partial charge < -0.3 is 9.84 Å². The van der Waals surface area contributed by atoms with Gasteiger partial charge in [-0.15, -0.1) is 11.3 Å². The number of thiophene rings is 1. The highest BCUT2D eigenvalue weighted by atomic mass is 32.1. The molecule has 0 atom stereocenters. The fourth-order valence-electron chi connectivity index (χ4n) is 3.05. The first kappa shape index (κ1) is 19.3. The standard InChI is InChI=1S/C22H22N4O2S/c1-14(2)21-25-20(28-26-21)10-5-11-23-22(27)16-13-18(19-9-6-12-29-19)24-17-8-4-3-7-15(16)17/h3-4,6-9,12-14H,5,10-11H2,1-2H3,(H,23,27). The molecule has 7 heteroatoms. The molecule has 0 aliphatic carbocycles. The smallest absolute Gasteiger partial charge is 0.252 e. The Morgan fingerprint density at radius 1 is 1.17 bits per heavy atom. The maximum absolute atomic E-state index is 12.9. The molecule has 0 aliphatic heterocycles. The summed E-state index contributed by atoms with van der Waals surface area (Å²) in [5.41, 5.74) is 2.27. The van der Waals surface area contributed by atoms with E-state index in [1.807, 2.05) is 61.7 Å². The SMILES string of the molecule is CC(C)c1noc(CCCNC(=O)c2cc(-c3cccs3)nc3ccccc23)n1. The number of aromatic nitrogens is 3. The lowest BCUT2D eigenvalue weighted by Gasteiger charge is -2.09. The Hall–Kier alpha value is -3.06. The number of carbonyl (C=O) groups excluding carboxylic acids is 1. The minimum atomic E-state index is -0.102. The molecular formula is C22H22N4O2S. The van der Waals surface area contributed by atoms with E-state index in [-0.39, 0.29) is 11.8 Å². The highest BCUT2D eigenvalue weighted by Crippen LogP contribution is 2.27. The predicted octanol–water partition coefficient (Wildman–Crippen LogP) is 4.83. The van der Waals surface area contributed by atoms with Crippen LogP contribution in [0.2, 0.25) is 0 Å². The Bertz CT molecular complexity index is 1120. The lowest BCUT2D eigenvalue weighted by Crippen LogP contribution is -2.25. The van der Waals surface area contributed by atoms with E-state index in [1.165, 1.54) is 0 Å². The van der Waals surface area contributed by atoms with Crippen LogP contribution >= 0.6 is 11.3 Å². The van der Waals surface area contributed by atoms with Gasteiger partial charge in [0.25, 0.3) is 5.91 Å². The first-order chi connectivity index (χ1) is 14.1. The molecule has 0 unspecified atom stereocenters. The van der Waals surface area contributed by atoms with Crippen molar-refractivity contribution in [3.63, 3.8) is 0 Å². The van der Waals surface area contributed by atoms with Crippen molar-refractivity contribution < 1.29 is 9.32 Å². The van der Waals surface area contributed by atoms with Gasteiger partial charge in [0.2, 0.25) is 5.89 Å². The van der Waals surface area contributed by atoms with Crippen LogP contribution in [0.4, 0.5) is 0 Å². The van der Waals surface area contributed by atoms with E-state index in [1.54, 1.807) is 11.3 Å². The Balaban J connectivity index is 1.46. The molecule has 0 radical (unpaired) electrons. The van der Waals surface area contributed by atoms with E-state index < -0.39 is 0 Å². The van der Waals surface area contributed by atoms with Crippen LogP contribution in [0.25, 0.3) is 21.5 Å². The minimum absolute atomic E-state index is 0.102. The number of carbonyl (C=O) groups is 1. The van der Waals surface area contributed by atoms with Crippen molar-refractivity contribution in [2.45, 2.75) is 32.6 Å². The molecule has 0 bridgehead atoms. The molecule has 4 rings (SSSR count). The molecule has 29 heavy (non-hydrogen) atoms. The van der Waals surface area contributed by atoms with E-state index >= 15 is 0 Å². The monoisotopic (exact) mass is 406 g/mol. The molecule has 148 valence electrons. The van der Waals surface area contributed by atoms with Gasteiger partial charge in [-0.05, 0) is 30.0 Å². The summed E-state index contributed by atoms with van der Waals surface area (Å²) in [6, 6.07) is 13.6. The average molecular weight is 407 g/mol. The highest BCUT2D eigenvalue weighted by molar-refractivity contribution is 7.13. The van der Waals surface area contributed by atoms with Crippen LogP contribution in [-0.4, -0.2) is 27.6 Å². The zero-order chi connectivity index (χ0) is 20.2. The molecule has 0 aliphatic rings. The van der Waals surface area contributed by atoms with E-state index in [9.17, 15) is 4.79 Å². The largest absolute Gasteiger partial charge is 0.352 e. The first-order valence-electron chi connectivity index (χ1n) is 9.66. The van der Waals surface area contributed by atoms with E-state index in [0.717, 1.165) is 27.9 Å². The Morgan fingerprint density at radius 2 is 2.03 bits per heavy atom. The van der Waals surface area contributed by atoms with Gasteiger partial charge in [0.15, 0.2) is 5.82 Å². The third kappa shape index (κ3) is 4.35. The number of rotatable bonds is 7. The van der Waals surface area contributed by atoms with Gasteiger partial charge in [0.05, 0.1) is 21.7 Å². The number of pyridine rings is 1. The fourth-order valence-corrected chi connectivity index (χ4v) is 3.74. The number of hydrogen-bond acceptors (Lipinski definition) is 6. The van der Waals surface area contributed by atoms with Crippen LogP contribution in [0.5, 0.6) is 0 Å². The van der Waals surface area contributed by atoms with Crippen molar-refractivity contribution >= 4 is 28.1 Å². The lowest BCUT2D eigenvalue weighted by atomic mass is 10.1. The van der Waals surface area contributed by atoms with Crippen molar-refractivity contribution in [1.82, 2.24) is 20.4 Å². The summed E-state index contributed by atoms with van der Waals surface area (Å²) in [4.78, 5) is 23.0. The average Bonchev–Trinajstić information content (AvgIpc) is 3.42. The summed E-state index contributed by atoms with van der Waals surface area (Å²) in [5, 5.41) is 9.84. The molecule has 4 aromatic rings. The molecule has 0 spiro atoms. The highest BCUT2D eigenvalue weighted by Gasteiger charge is 2.14. The van der Waals surface area contributed by atoms with Crippen LogP contribution < -0.4 is 5.32 Å². The van der Waals surface area contributed by atoms with Gasteiger partial charge >= 0.3 is 0 Å². The van der Waals surface area contributed by atoms with Crippen LogP contribution in [0.15, 0.2) is 52.4 Å². The van der Waals surface area contributed by atoms with Crippen molar-refractivity contribution in [3.8, 4) is 10.6 Å². The summed E-state index contributed by atoms with van der Waals surface area (Å²) < 4.78 is 5.25. The van der Waals surface area contributed by atoms with Crippen LogP contribution in [0.1, 0.15) is 48.3 Å². The van der Waals surface area contributed by atoms with E-state index in [0.29, 0.717) is 30.2 Å². The van der Waals surface area contributed by atoms with E-state index in [4.69, 9.17) is 9.51 Å². The van der Waals surface area contributed by atoms with Crippen LogP contribution in [0.3, 0.4) is 0 Å². The summed E-state index contributed by atoms with van der Waals surface area (Å²) in [6.07, 6.45) is 1.36. The van der Waals surface area contributed by atoms with Gasteiger partial charge in [-0.1, -0.05) is 43.3 Å². The number of fused-ring (bicyclic) bond motifs is 1. The second-order valence-corrected chi connectivity index (χ2v) is 8.06. The molecule has 1 amide bonds. The fraction of sp³-hybridized carbons (Fsp3) is 0.273. The first-order valence-corrected chi connectivity index (χ1v) is 10.5. The predicted molar refractivity (Wildman–Crippen MR) is 114 cm³/mol. The van der Waals surface area contributed by atoms with Crippen molar-refractivity contribution in [1.29, 1.82) is 0 Å². The molecule has 0 saturated carbocycles. The van der Waals surface area contributed by atoms with Crippen molar-refractivity contribution in [2.75, 3.05) is 6.54 Å². The number of para-hydroxylation sites is 1. The summed E-state index contributed by atoms with van der Waals surface area (Å²) in [7, 11) is 0. The maximum atomic E-state index is 12.9.